The van der Waals surface area contributed by atoms with Crippen molar-refractivity contribution < 1.29 is 13.9 Å². The molecule has 0 saturated carbocycles. The fourth-order valence-corrected chi connectivity index (χ4v) is 2.90. The van der Waals surface area contributed by atoms with Crippen LogP contribution in [0.5, 0.6) is 0 Å². The van der Waals surface area contributed by atoms with Gasteiger partial charge in [0.05, 0.1) is 12.2 Å². The molecule has 1 amide bonds. The summed E-state index contributed by atoms with van der Waals surface area (Å²) in [5.41, 5.74) is 13.3. The fourth-order valence-electron chi connectivity index (χ4n) is 2.90. The zero-order chi connectivity index (χ0) is 19.0. The van der Waals surface area contributed by atoms with E-state index in [-0.39, 0.29) is 12.6 Å². The minimum atomic E-state index is -0.521. The number of amidine groups is 1. The summed E-state index contributed by atoms with van der Waals surface area (Å²) >= 11 is 0. The Kier molecular flexibility index (Phi) is 4.34. The van der Waals surface area contributed by atoms with E-state index in [1.54, 1.807) is 37.5 Å². The number of benzene rings is 1. The number of amides is 1. The summed E-state index contributed by atoms with van der Waals surface area (Å²) in [6.07, 6.45) is 0.675. The average Bonchev–Trinajstić information content (AvgIpc) is 3.27. The SMILES string of the molecule is CN1N=C(c2ccc(-c3ccc(N4CC(CN)OC4=O)cc3F)cn2)NN1. The number of rotatable bonds is 4. The van der Waals surface area contributed by atoms with Gasteiger partial charge in [0.15, 0.2) is 5.84 Å². The minimum absolute atomic E-state index is 0.228. The van der Waals surface area contributed by atoms with Gasteiger partial charge in [-0.3, -0.25) is 15.3 Å². The lowest BCUT2D eigenvalue weighted by molar-refractivity contribution is 0.145. The molecule has 10 heteroatoms. The number of nitrogens with two attached hydrogens (primary N) is 1. The molecule has 4 N–H and O–H groups in total. The number of carbonyl (C=O) groups is 1. The number of nitrogens with one attached hydrogen (secondary N) is 2. The number of nitrogens with zero attached hydrogens (tertiary/aromatic N) is 4. The van der Waals surface area contributed by atoms with Gasteiger partial charge in [-0.1, -0.05) is 6.07 Å². The summed E-state index contributed by atoms with van der Waals surface area (Å²) in [7, 11) is 1.75. The van der Waals surface area contributed by atoms with Crippen molar-refractivity contribution >= 4 is 17.6 Å². The van der Waals surface area contributed by atoms with E-state index < -0.39 is 11.9 Å². The van der Waals surface area contributed by atoms with Crippen molar-refractivity contribution in [2.75, 3.05) is 25.0 Å². The van der Waals surface area contributed by atoms with Crippen LogP contribution in [-0.4, -0.2) is 48.3 Å². The number of hydrazone groups is 1. The Balaban J connectivity index is 1.56. The zero-order valence-electron chi connectivity index (χ0n) is 14.5. The van der Waals surface area contributed by atoms with Crippen LogP contribution in [0.4, 0.5) is 14.9 Å². The molecule has 140 valence electrons. The van der Waals surface area contributed by atoms with Crippen LogP contribution in [0.15, 0.2) is 41.6 Å². The standard InChI is InChI=1S/C17H18FN7O2/c1-24-22-16(21-23-24)15-5-2-10(8-20-15)13-4-3-11(6-14(13)18)25-9-12(7-19)27-17(25)26/h2-6,8,12,23H,7,9,19H2,1H3,(H,21,22). The van der Waals surface area contributed by atoms with Crippen molar-refractivity contribution in [3.8, 4) is 11.1 Å². The summed E-state index contributed by atoms with van der Waals surface area (Å²) in [5, 5.41) is 5.70. The Hall–Kier alpha value is -3.24. The molecule has 1 unspecified atom stereocenters. The second-order valence-electron chi connectivity index (χ2n) is 6.16. The number of hydrogen-bond donors (Lipinski definition) is 3. The van der Waals surface area contributed by atoms with Gasteiger partial charge in [0.25, 0.3) is 0 Å². The lowest BCUT2D eigenvalue weighted by Gasteiger charge is -2.14. The zero-order valence-corrected chi connectivity index (χ0v) is 14.5. The van der Waals surface area contributed by atoms with Crippen molar-refractivity contribution in [3.05, 3.63) is 48.0 Å². The number of hydrogen-bond acceptors (Lipinski definition) is 8. The molecule has 1 atom stereocenters. The van der Waals surface area contributed by atoms with Crippen LogP contribution in [-0.2, 0) is 4.74 Å². The Bertz CT molecular complexity index is 903. The minimum Gasteiger partial charge on any atom is -0.443 e. The third-order valence-corrected chi connectivity index (χ3v) is 4.30. The van der Waals surface area contributed by atoms with Gasteiger partial charge in [-0.05, 0) is 24.3 Å². The highest BCUT2D eigenvalue weighted by Gasteiger charge is 2.31. The molecule has 4 rings (SSSR count). The number of halogens is 1. The van der Waals surface area contributed by atoms with Crippen molar-refractivity contribution in [2.24, 2.45) is 10.8 Å². The molecule has 0 aliphatic carbocycles. The topological polar surface area (TPSA) is 108 Å². The first-order valence-corrected chi connectivity index (χ1v) is 8.33. The maximum absolute atomic E-state index is 14.7. The van der Waals surface area contributed by atoms with Gasteiger partial charge in [-0.2, -0.15) is 0 Å². The van der Waals surface area contributed by atoms with Crippen LogP contribution in [0, 0.1) is 5.82 Å². The lowest BCUT2D eigenvalue weighted by Crippen LogP contribution is -2.36. The Morgan fingerprint density at radius 2 is 2.22 bits per heavy atom. The normalized spacial score (nSPS) is 19.1. The van der Waals surface area contributed by atoms with Crippen LogP contribution in [0.1, 0.15) is 5.69 Å². The molecule has 27 heavy (non-hydrogen) atoms. The molecule has 9 nitrogen and oxygen atoms in total. The third-order valence-electron chi connectivity index (χ3n) is 4.30. The van der Waals surface area contributed by atoms with E-state index in [1.165, 1.54) is 16.1 Å². The van der Waals surface area contributed by atoms with Gasteiger partial charge < -0.3 is 10.5 Å². The number of anilines is 1. The first-order chi connectivity index (χ1) is 13.0. The molecule has 1 aromatic heterocycles. The number of hydrazine groups is 2. The predicted molar refractivity (Wildman–Crippen MR) is 96.9 cm³/mol. The highest BCUT2D eigenvalue weighted by atomic mass is 19.1. The lowest BCUT2D eigenvalue weighted by atomic mass is 10.1. The van der Waals surface area contributed by atoms with E-state index in [0.717, 1.165) is 0 Å². The monoisotopic (exact) mass is 371 g/mol. The van der Waals surface area contributed by atoms with Gasteiger partial charge in [-0.25, -0.2) is 14.3 Å². The molecule has 1 fully saturated rings. The van der Waals surface area contributed by atoms with E-state index in [2.05, 4.69) is 21.0 Å². The predicted octanol–water partition coefficient (Wildman–Crippen LogP) is 0.788. The molecular weight excluding hydrogens is 353 g/mol. The van der Waals surface area contributed by atoms with Crippen molar-refractivity contribution in [1.29, 1.82) is 0 Å². The molecule has 2 aliphatic heterocycles. The van der Waals surface area contributed by atoms with Gasteiger partial charge in [0.2, 0.25) is 0 Å². The van der Waals surface area contributed by atoms with E-state index >= 15 is 0 Å². The summed E-state index contributed by atoms with van der Waals surface area (Å²) < 4.78 is 19.8. The van der Waals surface area contributed by atoms with Crippen LogP contribution in [0.3, 0.4) is 0 Å². The number of pyridine rings is 1. The molecule has 0 spiro atoms. The Morgan fingerprint density at radius 3 is 2.81 bits per heavy atom. The quantitative estimate of drug-likeness (QED) is 0.729. The summed E-state index contributed by atoms with van der Waals surface area (Å²) in [5.74, 6) is 0.116. The van der Waals surface area contributed by atoms with Crippen LogP contribution in [0.2, 0.25) is 0 Å². The van der Waals surface area contributed by atoms with E-state index in [1.807, 2.05) is 0 Å². The smallest absolute Gasteiger partial charge is 0.414 e. The largest absolute Gasteiger partial charge is 0.443 e. The van der Waals surface area contributed by atoms with E-state index in [4.69, 9.17) is 10.5 Å². The van der Waals surface area contributed by atoms with Gasteiger partial charge in [0.1, 0.15) is 17.6 Å². The third kappa shape index (κ3) is 3.27. The molecule has 1 saturated heterocycles. The second kappa shape index (κ2) is 6.82. The molecular formula is C17H18FN7O2. The number of ether oxygens (including phenoxy) is 1. The maximum Gasteiger partial charge on any atom is 0.414 e. The Morgan fingerprint density at radius 1 is 1.37 bits per heavy atom. The first-order valence-electron chi connectivity index (χ1n) is 8.33. The first kappa shape index (κ1) is 17.2. The number of cyclic esters (lactones) is 1. The highest BCUT2D eigenvalue weighted by molar-refractivity contribution is 5.97. The highest BCUT2D eigenvalue weighted by Crippen LogP contribution is 2.28. The van der Waals surface area contributed by atoms with Gasteiger partial charge in [0, 0.05) is 30.9 Å². The summed E-state index contributed by atoms with van der Waals surface area (Å²) in [4.78, 5) is 17.6. The maximum atomic E-state index is 14.7. The Labute approximate surface area is 154 Å². The van der Waals surface area contributed by atoms with Crippen LogP contribution >= 0.6 is 0 Å². The van der Waals surface area contributed by atoms with Crippen molar-refractivity contribution in [1.82, 2.24) is 21.1 Å². The number of carbonyl (C=O) groups excluding carboxylic acids is 1. The van der Waals surface area contributed by atoms with Gasteiger partial charge >= 0.3 is 6.09 Å². The molecule has 1 aromatic carbocycles. The average molecular weight is 371 g/mol. The molecule has 0 radical (unpaired) electrons. The van der Waals surface area contributed by atoms with Crippen molar-refractivity contribution in [3.63, 3.8) is 0 Å². The van der Waals surface area contributed by atoms with Crippen LogP contribution < -0.4 is 21.6 Å². The molecule has 0 bridgehead atoms. The molecule has 2 aliphatic rings. The molecule has 2 aromatic rings. The van der Waals surface area contributed by atoms with Crippen molar-refractivity contribution in [2.45, 2.75) is 6.10 Å². The van der Waals surface area contributed by atoms with Crippen LogP contribution in [0.25, 0.3) is 11.1 Å². The summed E-state index contributed by atoms with van der Waals surface area (Å²) in [6.45, 7) is 0.536. The molecule has 3 heterocycles. The van der Waals surface area contributed by atoms with Gasteiger partial charge in [-0.15, -0.1) is 10.6 Å². The van der Waals surface area contributed by atoms with E-state index in [0.29, 0.717) is 34.9 Å². The summed E-state index contributed by atoms with van der Waals surface area (Å²) in [6, 6.07) is 8.11. The number of aromatic nitrogens is 1. The fraction of sp³-hybridized carbons (Fsp3) is 0.235. The van der Waals surface area contributed by atoms with E-state index in [9.17, 15) is 9.18 Å². The second-order valence-corrected chi connectivity index (χ2v) is 6.16.